The Kier molecular flexibility index (Phi) is 6.53. The van der Waals surface area contributed by atoms with Gasteiger partial charge in [-0.1, -0.05) is 172 Å². The minimum atomic E-state index is -0.0761. The molecule has 2 aliphatic rings. The third-order valence-electron chi connectivity index (χ3n) is 12.3. The second-order valence-corrected chi connectivity index (χ2v) is 15.6. The van der Waals surface area contributed by atoms with Crippen LogP contribution in [0.2, 0.25) is 0 Å². The Labute approximate surface area is 310 Å². The van der Waals surface area contributed by atoms with Gasteiger partial charge in [-0.3, -0.25) is 0 Å². The van der Waals surface area contributed by atoms with E-state index in [1.54, 1.807) is 0 Å². The Hall–Kier alpha value is -6.24. The van der Waals surface area contributed by atoms with Crippen LogP contribution in [0.25, 0.3) is 81.7 Å². The van der Waals surface area contributed by atoms with Crippen LogP contribution in [-0.4, -0.2) is 0 Å². The van der Waals surface area contributed by atoms with Gasteiger partial charge in [-0.2, -0.15) is 0 Å². The molecule has 0 heteroatoms. The molecule has 0 spiro atoms. The zero-order valence-corrected chi connectivity index (χ0v) is 30.0. The van der Waals surface area contributed by atoms with Gasteiger partial charge in [0.25, 0.3) is 0 Å². The van der Waals surface area contributed by atoms with Crippen molar-refractivity contribution in [2.75, 3.05) is 0 Å². The van der Waals surface area contributed by atoms with E-state index in [0.29, 0.717) is 0 Å². The highest BCUT2D eigenvalue weighted by Crippen LogP contribution is 2.55. The molecule has 0 aliphatic heterocycles. The summed E-state index contributed by atoms with van der Waals surface area (Å²) >= 11 is 0. The lowest BCUT2D eigenvalue weighted by atomic mass is 9.76. The van der Waals surface area contributed by atoms with Crippen molar-refractivity contribution in [2.24, 2.45) is 0 Å². The third kappa shape index (κ3) is 4.55. The van der Waals surface area contributed by atoms with Crippen molar-refractivity contribution in [3.05, 3.63) is 198 Å². The summed E-state index contributed by atoms with van der Waals surface area (Å²) in [6.07, 6.45) is 6.12. The maximum absolute atomic E-state index is 2.60. The van der Waals surface area contributed by atoms with Gasteiger partial charge < -0.3 is 0 Å². The first-order valence-electron chi connectivity index (χ1n) is 19.0. The lowest BCUT2D eigenvalue weighted by Crippen LogP contribution is -2.17. The Morgan fingerprint density at radius 2 is 0.981 bits per heavy atom. The number of allylic oxidation sites excluding steroid dienone is 4. The average molecular weight is 675 g/mol. The van der Waals surface area contributed by atoms with E-state index in [-0.39, 0.29) is 11.3 Å². The smallest absolute Gasteiger partial charge is 0.0161 e. The van der Waals surface area contributed by atoms with Gasteiger partial charge in [0, 0.05) is 11.3 Å². The fourth-order valence-corrected chi connectivity index (χ4v) is 9.79. The molecule has 0 bridgehead atoms. The standard InChI is InChI=1S/C53H38/c1-53(2)49-32-39(24-26-43(49)47-28-23-35-13-7-8-16-42(35)52(47)53)38-25-27-46-48(31-38)51(41-22-20-34-12-4-6-15-37(34)30-41)45-18-10-9-17-44(45)50(46)40-21-19-33-11-3-5-14-36(33)29-40/h3-23,25-32,39H,24H2,1-2H3. The van der Waals surface area contributed by atoms with Crippen molar-refractivity contribution in [1.82, 2.24) is 0 Å². The molecule has 53 heavy (non-hydrogen) atoms. The molecule has 1 atom stereocenters. The van der Waals surface area contributed by atoms with E-state index in [9.17, 15) is 0 Å². The quantitative estimate of drug-likeness (QED) is 0.164. The van der Waals surface area contributed by atoms with Gasteiger partial charge in [0.15, 0.2) is 0 Å². The largest absolute Gasteiger partial charge is 0.0754 e. The topological polar surface area (TPSA) is 0 Å². The maximum Gasteiger partial charge on any atom is 0.0161 e. The Balaban J connectivity index is 1.15. The highest BCUT2D eigenvalue weighted by molar-refractivity contribution is 6.22. The molecule has 0 heterocycles. The van der Waals surface area contributed by atoms with E-state index in [4.69, 9.17) is 0 Å². The fourth-order valence-electron chi connectivity index (χ4n) is 9.79. The summed E-state index contributed by atoms with van der Waals surface area (Å²) in [5.41, 5.74) is 12.2. The van der Waals surface area contributed by atoms with Crippen LogP contribution >= 0.6 is 0 Å². The SMILES string of the molecule is CC1(C)C2=CC(c3ccc4c(-c5ccc6ccccc6c5)c5ccccc5c(-c5ccc6ccccc6c5)c4c3)CC=C2c2ccc3ccccc3c21. The third-order valence-corrected chi connectivity index (χ3v) is 12.3. The number of fused-ring (bicyclic) bond motifs is 9. The van der Waals surface area contributed by atoms with E-state index in [0.717, 1.165) is 6.42 Å². The van der Waals surface area contributed by atoms with E-state index in [1.807, 2.05) is 0 Å². The van der Waals surface area contributed by atoms with Crippen molar-refractivity contribution < 1.29 is 0 Å². The summed E-state index contributed by atoms with van der Waals surface area (Å²) in [6, 6.07) is 61.3. The van der Waals surface area contributed by atoms with E-state index in [1.165, 1.54) is 104 Å². The first-order valence-corrected chi connectivity index (χ1v) is 19.0. The summed E-state index contributed by atoms with van der Waals surface area (Å²) in [4.78, 5) is 0. The fraction of sp³-hybridized carbons (Fsp3) is 0.0943. The molecule has 0 amide bonds. The molecular weight excluding hydrogens is 637 g/mol. The molecule has 0 aromatic heterocycles. The van der Waals surface area contributed by atoms with Gasteiger partial charge in [-0.15, -0.1) is 0 Å². The van der Waals surface area contributed by atoms with Crippen molar-refractivity contribution in [2.45, 2.75) is 31.6 Å². The average Bonchev–Trinajstić information content (AvgIpc) is 3.44. The van der Waals surface area contributed by atoms with Gasteiger partial charge in [0.2, 0.25) is 0 Å². The first kappa shape index (κ1) is 30.4. The molecule has 0 N–H and O–H groups in total. The van der Waals surface area contributed by atoms with Crippen LogP contribution in [0.4, 0.5) is 0 Å². The summed E-state index contributed by atoms with van der Waals surface area (Å²) in [6.45, 7) is 4.85. The highest BCUT2D eigenvalue weighted by atomic mass is 14.4. The molecule has 0 saturated heterocycles. The summed E-state index contributed by atoms with van der Waals surface area (Å²) < 4.78 is 0. The molecule has 11 rings (SSSR count). The minimum absolute atomic E-state index is 0.0761. The number of hydrogen-bond donors (Lipinski definition) is 0. The van der Waals surface area contributed by atoms with E-state index >= 15 is 0 Å². The zero-order valence-electron chi connectivity index (χ0n) is 30.0. The number of benzene rings is 9. The molecule has 250 valence electrons. The van der Waals surface area contributed by atoms with Crippen LogP contribution in [0.1, 0.15) is 42.9 Å². The molecule has 9 aromatic rings. The van der Waals surface area contributed by atoms with Gasteiger partial charge in [0.1, 0.15) is 0 Å². The monoisotopic (exact) mass is 674 g/mol. The van der Waals surface area contributed by atoms with Crippen molar-refractivity contribution >= 4 is 59.4 Å². The summed E-state index contributed by atoms with van der Waals surface area (Å²) in [7, 11) is 0. The Morgan fingerprint density at radius 1 is 0.453 bits per heavy atom. The van der Waals surface area contributed by atoms with Gasteiger partial charge in [-0.05, 0) is 129 Å². The molecule has 0 saturated carbocycles. The van der Waals surface area contributed by atoms with Crippen LogP contribution < -0.4 is 0 Å². The van der Waals surface area contributed by atoms with Crippen LogP contribution in [-0.2, 0) is 5.41 Å². The van der Waals surface area contributed by atoms with Crippen LogP contribution in [0.15, 0.2) is 182 Å². The molecule has 0 nitrogen and oxygen atoms in total. The number of rotatable bonds is 3. The van der Waals surface area contributed by atoms with Crippen LogP contribution in [0.5, 0.6) is 0 Å². The van der Waals surface area contributed by atoms with E-state index < -0.39 is 0 Å². The van der Waals surface area contributed by atoms with Gasteiger partial charge >= 0.3 is 0 Å². The van der Waals surface area contributed by atoms with Crippen molar-refractivity contribution in [3.8, 4) is 22.3 Å². The molecule has 0 radical (unpaired) electrons. The van der Waals surface area contributed by atoms with Crippen LogP contribution in [0.3, 0.4) is 0 Å². The second kappa shape index (κ2) is 11.4. The van der Waals surface area contributed by atoms with Crippen molar-refractivity contribution in [3.63, 3.8) is 0 Å². The highest BCUT2D eigenvalue weighted by Gasteiger charge is 2.41. The van der Waals surface area contributed by atoms with E-state index in [2.05, 4.69) is 190 Å². The molecule has 9 aromatic carbocycles. The predicted molar refractivity (Wildman–Crippen MR) is 228 cm³/mol. The first-order chi connectivity index (χ1) is 26.0. The second-order valence-electron chi connectivity index (χ2n) is 15.6. The van der Waals surface area contributed by atoms with Crippen LogP contribution in [0, 0.1) is 0 Å². The Bertz CT molecular complexity index is 3060. The number of hydrogen-bond acceptors (Lipinski definition) is 0. The van der Waals surface area contributed by atoms with Gasteiger partial charge in [0.05, 0.1) is 0 Å². The lowest BCUT2D eigenvalue weighted by Gasteiger charge is -2.28. The molecular formula is C53H38. The Morgan fingerprint density at radius 3 is 1.64 bits per heavy atom. The summed E-state index contributed by atoms with van der Waals surface area (Å²) in [5.74, 6) is 0.290. The van der Waals surface area contributed by atoms with Crippen molar-refractivity contribution in [1.29, 1.82) is 0 Å². The minimum Gasteiger partial charge on any atom is -0.0754 e. The van der Waals surface area contributed by atoms with Gasteiger partial charge in [-0.25, -0.2) is 0 Å². The zero-order chi connectivity index (χ0) is 35.3. The molecule has 1 unspecified atom stereocenters. The maximum atomic E-state index is 2.60. The predicted octanol–water partition coefficient (Wildman–Crippen LogP) is 14.6. The summed E-state index contributed by atoms with van der Waals surface area (Å²) in [5, 5.41) is 12.9. The molecule has 0 fully saturated rings. The molecule has 2 aliphatic carbocycles. The normalized spacial score (nSPS) is 16.2. The lowest BCUT2D eigenvalue weighted by molar-refractivity contribution is 0.653.